The van der Waals surface area contributed by atoms with Gasteiger partial charge in [-0.3, -0.25) is 14.3 Å². The number of fused-ring (bicyclic) bond motifs is 1. The fourth-order valence-electron chi connectivity index (χ4n) is 5.65. The lowest BCUT2D eigenvalue weighted by Gasteiger charge is -2.39. The number of carbonyl (C=O) groups is 2. The minimum atomic E-state index is -0.393. The summed E-state index contributed by atoms with van der Waals surface area (Å²) in [6, 6.07) is 3.52. The molecule has 1 aromatic carbocycles. The second kappa shape index (κ2) is 10.6. The van der Waals surface area contributed by atoms with E-state index in [0.717, 1.165) is 67.3 Å². The van der Waals surface area contributed by atoms with Crippen molar-refractivity contribution in [3.8, 4) is 0 Å². The van der Waals surface area contributed by atoms with Crippen LogP contribution in [0.25, 0.3) is 11.0 Å². The van der Waals surface area contributed by atoms with Gasteiger partial charge in [-0.15, -0.1) is 0 Å². The van der Waals surface area contributed by atoms with Crippen LogP contribution in [-0.4, -0.2) is 47.6 Å². The van der Waals surface area contributed by atoms with Crippen LogP contribution in [-0.2, 0) is 23.8 Å². The molecule has 1 saturated carbocycles. The number of anilines is 1. The van der Waals surface area contributed by atoms with Gasteiger partial charge >= 0.3 is 0 Å². The minimum absolute atomic E-state index is 0.181. The van der Waals surface area contributed by atoms with Crippen molar-refractivity contribution >= 4 is 40.6 Å². The summed E-state index contributed by atoms with van der Waals surface area (Å²) in [5, 5.41) is 12.0. The molecule has 0 unspecified atom stereocenters. The zero-order valence-electron chi connectivity index (χ0n) is 21.8. The molecule has 4 rings (SSSR count). The first-order chi connectivity index (χ1) is 17.2. The first-order valence-electron chi connectivity index (χ1n) is 12.6. The third-order valence-electron chi connectivity index (χ3n) is 7.76. The fourth-order valence-corrected chi connectivity index (χ4v) is 5.92. The van der Waals surface area contributed by atoms with Gasteiger partial charge in [-0.2, -0.15) is 5.10 Å². The maximum Gasteiger partial charge on any atom is 0.289 e. The fraction of sp³-hybridized carbons (Fsp3) is 0.519. The van der Waals surface area contributed by atoms with E-state index < -0.39 is 5.54 Å². The summed E-state index contributed by atoms with van der Waals surface area (Å²) >= 11 is 6.64. The number of aryl methyl sites for hydroxylation is 2. The van der Waals surface area contributed by atoms with Crippen LogP contribution in [0.3, 0.4) is 0 Å². The SMILES string of the molecule is CNC1(c2c(NC=O)c(Cl)cc3cc(C(=O)N(C)CCCc4c(C)nn(C)c4C)oc23)CCCCC1. The van der Waals surface area contributed by atoms with Crippen LogP contribution in [0.5, 0.6) is 0 Å². The number of nitrogens with one attached hydrogen (secondary N) is 2. The first-order valence-corrected chi connectivity index (χ1v) is 13.0. The lowest BCUT2D eigenvalue weighted by Crippen LogP contribution is -2.42. The number of amides is 2. The van der Waals surface area contributed by atoms with E-state index in [0.29, 0.717) is 29.2 Å². The highest BCUT2D eigenvalue weighted by Gasteiger charge is 2.38. The number of nitrogens with zero attached hydrogens (tertiary/aromatic N) is 3. The largest absolute Gasteiger partial charge is 0.450 e. The lowest BCUT2D eigenvalue weighted by molar-refractivity contribution is -0.105. The van der Waals surface area contributed by atoms with Crippen molar-refractivity contribution in [2.45, 2.75) is 64.3 Å². The molecule has 194 valence electrons. The summed E-state index contributed by atoms with van der Waals surface area (Å²) in [6.45, 7) is 4.68. The molecule has 2 N–H and O–H groups in total. The Morgan fingerprint density at radius 1 is 1.28 bits per heavy atom. The average molecular weight is 514 g/mol. The molecule has 0 bridgehead atoms. The molecule has 36 heavy (non-hydrogen) atoms. The van der Waals surface area contributed by atoms with Gasteiger partial charge in [0.25, 0.3) is 5.91 Å². The number of benzene rings is 1. The quantitative estimate of drug-likeness (QED) is 0.389. The third kappa shape index (κ3) is 4.76. The molecule has 8 nitrogen and oxygen atoms in total. The van der Waals surface area contributed by atoms with Crippen molar-refractivity contribution < 1.29 is 14.0 Å². The number of halogens is 1. The highest BCUT2D eigenvalue weighted by atomic mass is 35.5. The molecule has 2 heterocycles. The van der Waals surface area contributed by atoms with Crippen LogP contribution in [0.2, 0.25) is 5.02 Å². The maximum atomic E-state index is 13.3. The van der Waals surface area contributed by atoms with Crippen LogP contribution in [0.4, 0.5) is 5.69 Å². The molecule has 1 aliphatic carbocycles. The molecule has 0 aliphatic heterocycles. The van der Waals surface area contributed by atoms with Gasteiger partial charge < -0.3 is 20.0 Å². The maximum absolute atomic E-state index is 13.3. The van der Waals surface area contributed by atoms with Gasteiger partial charge in [-0.05, 0) is 64.3 Å². The van der Waals surface area contributed by atoms with E-state index in [1.54, 1.807) is 24.1 Å². The molecule has 2 aromatic heterocycles. The molecule has 2 amide bonds. The summed E-state index contributed by atoms with van der Waals surface area (Å²) in [5.74, 6) is 0.0869. The summed E-state index contributed by atoms with van der Waals surface area (Å²) in [5.41, 5.74) is 4.99. The molecule has 0 spiro atoms. The van der Waals surface area contributed by atoms with Gasteiger partial charge in [-0.25, -0.2) is 0 Å². The van der Waals surface area contributed by atoms with Crippen molar-refractivity contribution in [1.82, 2.24) is 20.0 Å². The van der Waals surface area contributed by atoms with Crippen molar-refractivity contribution in [3.05, 3.63) is 45.4 Å². The van der Waals surface area contributed by atoms with E-state index in [2.05, 4.69) is 22.7 Å². The van der Waals surface area contributed by atoms with Crippen LogP contribution in [0, 0.1) is 13.8 Å². The Kier molecular flexibility index (Phi) is 7.76. The van der Waals surface area contributed by atoms with E-state index in [-0.39, 0.29) is 11.7 Å². The molecule has 0 atom stereocenters. The lowest BCUT2D eigenvalue weighted by atomic mass is 9.75. The Hall–Kier alpha value is -2.84. The zero-order valence-corrected chi connectivity index (χ0v) is 22.6. The predicted octanol–water partition coefficient (Wildman–Crippen LogP) is 5.09. The van der Waals surface area contributed by atoms with Gasteiger partial charge in [-0.1, -0.05) is 30.9 Å². The van der Waals surface area contributed by atoms with Crippen LogP contribution in [0.1, 0.15) is 71.6 Å². The molecular formula is C27H36ClN5O3. The molecule has 0 radical (unpaired) electrons. The van der Waals surface area contributed by atoms with Crippen LogP contribution < -0.4 is 10.6 Å². The Bertz CT molecular complexity index is 1270. The standard InChI is InChI=1S/C27H36ClN5O3/c1-17-20(18(2)33(5)31-17)10-9-13-32(4)26(35)22-15-19-14-21(28)24(30-16-34)23(25(19)36-22)27(29-3)11-7-6-8-12-27/h14-16,29H,6-13H2,1-5H3,(H,30,34). The van der Waals surface area contributed by atoms with Gasteiger partial charge in [0.1, 0.15) is 5.58 Å². The Morgan fingerprint density at radius 3 is 2.61 bits per heavy atom. The van der Waals surface area contributed by atoms with Crippen molar-refractivity contribution in [3.63, 3.8) is 0 Å². The van der Waals surface area contributed by atoms with E-state index in [1.807, 2.05) is 25.7 Å². The highest BCUT2D eigenvalue weighted by Crippen LogP contribution is 2.47. The predicted molar refractivity (Wildman–Crippen MR) is 143 cm³/mol. The van der Waals surface area contributed by atoms with Gasteiger partial charge in [0.2, 0.25) is 6.41 Å². The average Bonchev–Trinajstić information content (AvgIpc) is 3.39. The van der Waals surface area contributed by atoms with E-state index in [1.165, 1.54) is 5.56 Å². The number of aromatic nitrogens is 2. The number of hydrogen-bond acceptors (Lipinski definition) is 5. The summed E-state index contributed by atoms with van der Waals surface area (Å²) in [4.78, 5) is 26.5. The number of furan rings is 1. The van der Waals surface area contributed by atoms with E-state index in [9.17, 15) is 9.59 Å². The Morgan fingerprint density at radius 2 is 2.00 bits per heavy atom. The topological polar surface area (TPSA) is 92.4 Å². The molecule has 0 saturated heterocycles. The first kappa shape index (κ1) is 26.2. The summed E-state index contributed by atoms with van der Waals surface area (Å²) < 4.78 is 8.15. The third-order valence-corrected chi connectivity index (χ3v) is 8.06. The molecule has 3 aromatic rings. The second-order valence-electron chi connectivity index (χ2n) is 9.90. The molecule has 9 heteroatoms. The van der Waals surface area contributed by atoms with Crippen LogP contribution in [0.15, 0.2) is 16.5 Å². The second-order valence-corrected chi connectivity index (χ2v) is 10.3. The van der Waals surface area contributed by atoms with Crippen molar-refractivity contribution in [2.24, 2.45) is 7.05 Å². The Labute approximate surface area is 217 Å². The molecule has 1 aliphatic rings. The van der Waals surface area contributed by atoms with Crippen molar-refractivity contribution in [2.75, 3.05) is 26.0 Å². The normalized spacial score (nSPS) is 15.3. The minimum Gasteiger partial charge on any atom is -0.450 e. The Balaban J connectivity index is 1.63. The van der Waals surface area contributed by atoms with E-state index >= 15 is 0 Å². The summed E-state index contributed by atoms with van der Waals surface area (Å²) in [6.07, 6.45) is 7.37. The number of rotatable bonds is 9. The number of hydrogen-bond donors (Lipinski definition) is 2. The van der Waals surface area contributed by atoms with Crippen molar-refractivity contribution in [1.29, 1.82) is 0 Å². The molecule has 1 fully saturated rings. The summed E-state index contributed by atoms with van der Waals surface area (Å²) in [7, 11) is 5.67. The highest BCUT2D eigenvalue weighted by molar-refractivity contribution is 6.34. The monoisotopic (exact) mass is 513 g/mol. The van der Waals surface area contributed by atoms with Gasteiger partial charge in [0.15, 0.2) is 5.76 Å². The molecular weight excluding hydrogens is 478 g/mol. The smallest absolute Gasteiger partial charge is 0.289 e. The van der Waals surface area contributed by atoms with Crippen LogP contribution >= 0.6 is 11.6 Å². The van der Waals surface area contributed by atoms with E-state index in [4.69, 9.17) is 16.0 Å². The number of carbonyl (C=O) groups excluding carboxylic acids is 2. The zero-order chi connectivity index (χ0) is 26.0. The van der Waals surface area contributed by atoms with Gasteiger partial charge in [0, 0.05) is 42.8 Å². The van der Waals surface area contributed by atoms with Gasteiger partial charge in [0.05, 0.1) is 16.4 Å².